The van der Waals surface area contributed by atoms with E-state index in [-0.39, 0.29) is 23.8 Å². The molecule has 1 aliphatic rings. The van der Waals surface area contributed by atoms with Crippen LogP contribution in [-0.4, -0.2) is 62.8 Å². The predicted molar refractivity (Wildman–Crippen MR) is 130 cm³/mol. The number of amides is 2. The van der Waals surface area contributed by atoms with Crippen molar-refractivity contribution in [1.82, 2.24) is 20.3 Å². The molecule has 1 saturated heterocycles. The maximum Gasteiger partial charge on any atom is 0.267 e. The first-order valence-electron chi connectivity index (χ1n) is 11.2. The molecule has 0 saturated carbocycles. The van der Waals surface area contributed by atoms with Crippen LogP contribution in [0.4, 0.5) is 0 Å². The summed E-state index contributed by atoms with van der Waals surface area (Å²) in [5, 5.41) is 8.57. The quantitative estimate of drug-likeness (QED) is 0.284. The lowest BCUT2D eigenvalue weighted by Gasteiger charge is -2.44. The fourth-order valence-corrected chi connectivity index (χ4v) is 4.43. The Kier molecular flexibility index (Phi) is 8.45. The number of ketones is 1. The molecular weight excluding hydrogens is 432 g/mol. The summed E-state index contributed by atoms with van der Waals surface area (Å²) < 4.78 is 0. The molecule has 0 spiro atoms. The lowest BCUT2D eigenvalue weighted by Crippen LogP contribution is -2.57. The number of hydrogen-bond acceptors (Lipinski definition) is 6. The van der Waals surface area contributed by atoms with Crippen molar-refractivity contribution in [2.24, 2.45) is 0 Å². The lowest BCUT2D eigenvalue weighted by molar-refractivity contribution is -0.136. The number of benzene rings is 1. The Morgan fingerprint density at radius 1 is 1.00 bits per heavy atom. The third-order valence-electron chi connectivity index (χ3n) is 5.75. The van der Waals surface area contributed by atoms with Gasteiger partial charge in [0.25, 0.3) is 5.91 Å². The second-order valence-electron chi connectivity index (χ2n) is 8.47. The average Bonchev–Trinajstić information content (AvgIpc) is 2.81. The molecule has 1 aliphatic heterocycles. The normalized spacial score (nSPS) is 19.0. The van der Waals surface area contributed by atoms with E-state index < -0.39 is 5.91 Å². The van der Waals surface area contributed by atoms with Crippen molar-refractivity contribution in [3.05, 3.63) is 77.1 Å². The Hall–Kier alpha value is -3.62. The van der Waals surface area contributed by atoms with Gasteiger partial charge in [-0.1, -0.05) is 30.3 Å². The molecule has 2 heterocycles. The predicted octanol–water partition coefficient (Wildman–Crippen LogP) is 2.94. The molecule has 1 aromatic carbocycles. The van der Waals surface area contributed by atoms with Crippen molar-refractivity contribution >= 4 is 29.7 Å². The van der Waals surface area contributed by atoms with Gasteiger partial charge in [0.05, 0.1) is 11.4 Å². The first-order valence-corrected chi connectivity index (χ1v) is 11.2. The Morgan fingerprint density at radius 2 is 1.62 bits per heavy atom. The minimum atomic E-state index is -0.652. The van der Waals surface area contributed by atoms with Gasteiger partial charge in [-0.15, -0.1) is 0 Å². The first-order chi connectivity index (χ1) is 16.3. The van der Waals surface area contributed by atoms with Crippen LogP contribution in [0.15, 0.2) is 54.6 Å². The van der Waals surface area contributed by atoms with E-state index in [1.54, 1.807) is 31.2 Å². The molecule has 0 unspecified atom stereocenters. The highest BCUT2D eigenvalue weighted by molar-refractivity contribution is 6.07. The molecule has 2 N–H and O–H groups in total. The molecule has 34 heavy (non-hydrogen) atoms. The summed E-state index contributed by atoms with van der Waals surface area (Å²) >= 11 is 0. The monoisotopic (exact) mass is 462 g/mol. The van der Waals surface area contributed by atoms with Crippen molar-refractivity contribution in [3.8, 4) is 0 Å². The van der Waals surface area contributed by atoms with Crippen molar-refractivity contribution < 1.29 is 19.6 Å². The number of rotatable bonds is 7. The van der Waals surface area contributed by atoms with Crippen LogP contribution in [0.1, 0.15) is 48.1 Å². The molecule has 1 aromatic heterocycles. The molecule has 2 aromatic rings. The zero-order valence-corrected chi connectivity index (χ0v) is 19.6. The molecule has 2 amide bonds. The molecule has 0 aliphatic carbocycles. The summed E-state index contributed by atoms with van der Waals surface area (Å²) in [5.41, 5.74) is 4.18. The highest BCUT2D eigenvalue weighted by Crippen LogP contribution is 2.20. The lowest BCUT2D eigenvalue weighted by atomic mass is 10.0. The fraction of sp³-hybridized carbons (Fsp3) is 0.308. The number of aromatic nitrogens is 1. The van der Waals surface area contributed by atoms with Gasteiger partial charge in [-0.3, -0.25) is 24.5 Å². The number of nitrogens with one attached hydrogen (secondary N) is 1. The highest BCUT2D eigenvalue weighted by atomic mass is 16.5. The number of pyridine rings is 1. The number of carbonyl (C=O) groups is 3. The number of carbonyl (C=O) groups excluding carboxylic acids is 3. The van der Waals surface area contributed by atoms with E-state index >= 15 is 0 Å². The van der Waals surface area contributed by atoms with Crippen molar-refractivity contribution in [3.63, 3.8) is 0 Å². The Labute approximate surface area is 199 Å². The van der Waals surface area contributed by atoms with Gasteiger partial charge in [-0.25, -0.2) is 10.5 Å². The second kappa shape index (κ2) is 11.5. The number of piperazine rings is 1. The maximum absolute atomic E-state index is 13.0. The molecule has 3 rings (SSSR count). The molecule has 0 radical (unpaired) electrons. The van der Waals surface area contributed by atoms with Gasteiger partial charge in [0, 0.05) is 50.3 Å². The van der Waals surface area contributed by atoms with E-state index in [1.165, 1.54) is 17.6 Å². The van der Waals surface area contributed by atoms with E-state index in [0.717, 1.165) is 24.7 Å². The van der Waals surface area contributed by atoms with Gasteiger partial charge in [-0.2, -0.15) is 0 Å². The van der Waals surface area contributed by atoms with Crippen molar-refractivity contribution in [2.45, 2.75) is 39.4 Å². The smallest absolute Gasteiger partial charge is 0.267 e. The zero-order valence-electron chi connectivity index (χ0n) is 19.6. The molecule has 1 fully saturated rings. The molecule has 8 heteroatoms. The third kappa shape index (κ3) is 6.46. The zero-order chi connectivity index (χ0) is 24.7. The second-order valence-corrected chi connectivity index (χ2v) is 8.47. The van der Waals surface area contributed by atoms with Gasteiger partial charge < -0.3 is 4.90 Å². The van der Waals surface area contributed by atoms with E-state index in [9.17, 15) is 14.4 Å². The summed E-state index contributed by atoms with van der Waals surface area (Å²) in [4.78, 5) is 44.7. The number of hydrogen-bond donors (Lipinski definition) is 2. The van der Waals surface area contributed by atoms with Gasteiger partial charge in [0.1, 0.15) is 0 Å². The summed E-state index contributed by atoms with van der Waals surface area (Å²) in [6.07, 6.45) is 5.76. The molecule has 178 valence electrons. The van der Waals surface area contributed by atoms with Crippen LogP contribution in [0.2, 0.25) is 0 Å². The van der Waals surface area contributed by atoms with Crippen LogP contribution in [0, 0.1) is 0 Å². The number of hydroxylamine groups is 1. The molecule has 0 bridgehead atoms. The van der Waals surface area contributed by atoms with Crippen LogP contribution in [0.25, 0.3) is 12.2 Å². The topological polar surface area (TPSA) is 103 Å². The fourth-order valence-electron chi connectivity index (χ4n) is 4.43. The van der Waals surface area contributed by atoms with Crippen LogP contribution < -0.4 is 5.48 Å². The van der Waals surface area contributed by atoms with Crippen molar-refractivity contribution in [1.29, 1.82) is 0 Å². The minimum Gasteiger partial charge on any atom is -0.335 e. The highest BCUT2D eigenvalue weighted by Gasteiger charge is 2.31. The van der Waals surface area contributed by atoms with Gasteiger partial charge in [0.2, 0.25) is 5.91 Å². The average molecular weight is 463 g/mol. The number of nitrogens with zero attached hydrogens (tertiary/aromatic N) is 3. The SMILES string of the molecule is CC(=O)N1[C@H](C)CN(Cc2ccccc2C(=O)C=Cc2cccc(C=CC(=O)NO)n2)C[C@@H]1C. The van der Waals surface area contributed by atoms with Crippen molar-refractivity contribution in [2.75, 3.05) is 13.1 Å². The van der Waals surface area contributed by atoms with Crippen LogP contribution in [0.5, 0.6) is 0 Å². The largest absolute Gasteiger partial charge is 0.335 e. The van der Waals surface area contributed by atoms with Crippen LogP contribution in [0.3, 0.4) is 0 Å². The molecule has 8 nitrogen and oxygen atoms in total. The third-order valence-corrected chi connectivity index (χ3v) is 5.75. The molecular formula is C26H30N4O4. The Bertz CT molecular complexity index is 1100. The molecule has 2 atom stereocenters. The minimum absolute atomic E-state index is 0.0881. The van der Waals surface area contributed by atoms with Gasteiger partial charge in [-0.05, 0) is 49.8 Å². The summed E-state index contributed by atoms with van der Waals surface area (Å²) in [6.45, 7) is 7.84. The number of allylic oxidation sites excluding steroid dienone is 1. The van der Waals surface area contributed by atoms with E-state index in [2.05, 4.69) is 23.7 Å². The Balaban J connectivity index is 1.72. The van der Waals surface area contributed by atoms with Crippen LogP contribution >= 0.6 is 0 Å². The van der Waals surface area contributed by atoms with Crippen LogP contribution in [-0.2, 0) is 16.1 Å². The summed E-state index contributed by atoms with van der Waals surface area (Å²) in [6, 6.07) is 13.0. The van der Waals surface area contributed by atoms with E-state index in [0.29, 0.717) is 23.5 Å². The summed E-state index contributed by atoms with van der Waals surface area (Å²) in [5.74, 6) is -0.687. The van der Waals surface area contributed by atoms with E-state index in [1.807, 2.05) is 29.2 Å². The summed E-state index contributed by atoms with van der Waals surface area (Å²) in [7, 11) is 0. The standard InChI is InChI=1S/C26H30N4O4/c1-18-15-29(16-19(2)30(18)20(3)31)17-21-7-4-5-10-24(21)25(32)13-11-22-8-6-9-23(27-22)12-14-26(33)28-34/h4-14,18-19,34H,15-17H2,1-3H3,(H,28,33)/t18-,19+. The van der Waals surface area contributed by atoms with Gasteiger partial charge in [0.15, 0.2) is 5.78 Å². The van der Waals surface area contributed by atoms with Gasteiger partial charge >= 0.3 is 0 Å². The maximum atomic E-state index is 13.0. The van der Waals surface area contributed by atoms with E-state index in [4.69, 9.17) is 5.21 Å². The first kappa shape index (κ1) is 25.0. The Morgan fingerprint density at radius 3 is 2.24 bits per heavy atom.